The third kappa shape index (κ3) is 4.44. The average molecular weight is 515 g/mol. The van der Waals surface area contributed by atoms with Gasteiger partial charge in [-0.1, -0.05) is 50.2 Å². The van der Waals surface area contributed by atoms with Gasteiger partial charge < -0.3 is 10.0 Å². The first kappa shape index (κ1) is 25.6. The molecule has 196 valence electrons. The Morgan fingerprint density at radius 2 is 1.79 bits per heavy atom. The molecule has 0 radical (unpaired) electrons. The molecule has 5 rings (SSSR count). The fourth-order valence-corrected chi connectivity index (χ4v) is 5.66. The molecule has 0 bridgehead atoms. The summed E-state index contributed by atoms with van der Waals surface area (Å²) in [6.07, 6.45) is 3.73. The molecule has 2 aromatic carbocycles. The van der Waals surface area contributed by atoms with Crippen LogP contribution < -0.4 is 0 Å². The predicted molar refractivity (Wildman–Crippen MR) is 143 cm³/mol. The van der Waals surface area contributed by atoms with Crippen LogP contribution in [0.4, 0.5) is 4.39 Å². The Morgan fingerprint density at radius 1 is 1.08 bits per heavy atom. The van der Waals surface area contributed by atoms with E-state index >= 15 is 0 Å². The summed E-state index contributed by atoms with van der Waals surface area (Å²) < 4.78 is 16.0. The Bertz CT molecular complexity index is 1450. The number of dihydropyridines is 1. The summed E-state index contributed by atoms with van der Waals surface area (Å²) in [4.78, 5) is 32.9. The number of halogens is 1. The minimum Gasteiger partial charge on any atom is -0.510 e. The fourth-order valence-electron chi connectivity index (χ4n) is 5.66. The number of carbonyl (C=O) groups is 2. The van der Waals surface area contributed by atoms with Crippen molar-refractivity contribution >= 4 is 17.5 Å². The number of aliphatic hydroxyl groups is 1. The molecule has 1 fully saturated rings. The van der Waals surface area contributed by atoms with Gasteiger partial charge in [-0.25, -0.2) is 9.38 Å². The first-order chi connectivity index (χ1) is 18.3. The Hall–Kier alpha value is -4.07. The van der Waals surface area contributed by atoms with Crippen molar-refractivity contribution < 1.29 is 19.1 Å². The number of amides is 2. The van der Waals surface area contributed by atoms with Crippen molar-refractivity contribution in [1.29, 1.82) is 0 Å². The molecule has 2 amide bonds. The molecule has 38 heavy (non-hydrogen) atoms. The molecule has 3 aromatic rings. The van der Waals surface area contributed by atoms with Gasteiger partial charge in [0.2, 0.25) is 0 Å². The predicted octanol–water partition coefficient (Wildman–Crippen LogP) is 4.63. The summed E-state index contributed by atoms with van der Waals surface area (Å²) in [5, 5.41) is 16.2. The molecule has 0 aliphatic carbocycles. The number of benzene rings is 2. The second kappa shape index (κ2) is 10.4. The first-order valence-corrected chi connectivity index (χ1v) is 13.0. The molecular weight excluding hydrogens is 483 g/mol. The highest BCUT2D eigenvalue weighted by Crippen LogP contribution is 2.39. The van der Waals surface area contributed by atoms with E-state index in [-0.39, 0.29) is 29.6 Å². The number of nitrogens with zero attached hydrogens (tertiary/aromatic N) is 4. The van der Waals surface area contributed by atoms with Crippen LogP contribution in [0.25, 0.3) is 0 Å². The molecular formula is C30H31FN4O3. The third-order valence-corrected chi connectivity index (χ3v) is 7.59. The van der Waals surface area contributed by atoms with Gasteiger partial charge in [0.25, 0.3) is 11.8 Å². The standard InChI is InChI=1S/C30H31FN4O3/c1-4-18-9-8-10-19(5-2)24(18)25-27(23-14-15-34(3)33-23)32-29(37)26(28(25)36)30(38)35-16-13-20(17-35)21-11-6-7-12-22(21)31/h6-12,14-15,20,25,36H,4-5,13,16-17H2,1-3H3. The summed E-state index contributed by atoms with van der Waals surface area (Å²) in [6.45, 7) is 4.68. The normalized spacial score (nSPS) is 19.7. The van der Waals surface area contributed by atoms with Gasteiger partial charge in [-0.2, -0.15) is 5.10 Å². The van der Waals surface area contributed by atoms with Crippen LogP contribution in [0.5, 0.6) is 0 Å². The zero-order chi connectivity index (χ0) is 27.0. The number of aryl methyl sites for hydroxylation is 3. The molecule has 1 saturated heterocycles. The van der Waals surface area contributed by atoms with E-state index in [9.17, 15) is 19.1 Å². The largest absolute Gasteiger partial charge is 0.510 e. The Kier molecular flexibility index (Phi) is 6.97. The van der Waals surface area contributed by atoms with E-state index in [2.05, 4.69) is 10.1 Å². The quantitative estimate of drug-likeness (QED) is 0.486. The SMILES string of the molecule is CCc1cccc(CC)c1C1C(c2ccn(C)n2)=NC(=O)C(C(=O)N2CCC(c3ccccc3F)C2)=C1O. The highest BCUT2D eigenvalue weighted by Gasteiger charge is 2.42. The summed E-state index contributed by atoms with van der Waals surface area (Å²) in [5.74, 6) is -2.97. The van der Waals surface area contributed by atoms with Crippen molar-refractivity contribution in [3.8, 4) is 0 Å². The van der Waals surface area contributed by atoms with Gasteiger partial charge in [-0.3, -0.25) is 14.3 Å². The Balaban J connectivity index is 1.58. The van der Waals surface area contributed by atoms with Crippen LogP contribution in [0.3, 0.4) is 0 Å². The smallest absolute Gasteiger partial charge is 0.286 e. The molecule has 0 saturated carbocycles. The lowest BCUT2D eigenvalue weighted by molar-refractivity contribution is -0.129. The van der Waals surface area contributed by atoms with Gasteiger partial charge in [0.15, 0.2) is 0 Å². The van der Waals surface area contributed by atoms with E-state index in [0.717, 1.165) is 16.7 Å². The van der Waals surface area contributed by atoms with Gasteiger partial charge >= 0.3 is 0 Å². The van der Waals surface area contributed by atoms with E-state index in [4.69, 9.17) is 0 Å². The van der Waals surface area contributed by atoms with Crippen LogP contribution in [0.2, 0.25) is 0 Å². The van der Waals surface area contributed by atoms with Crippen LogP contribution in [0, 0.1) is 5.82 Å². The molecule has 2 unspecified atom stereocenters. The molecule has 1 aromatic heterocycles. The van der Waals surface area contributed by atoms with Gasteiger partial charge in [-0.15, -0.1) is 0 Å². The van der Waals surface area contributed by atoms with E-state index in [1.807, 2.05) is 32.0 Å². The topological polar surface area (TPSA) is 87.8 Å². The maximum atomic E-state index is 14.4. The highest BCUT2D eigenvalue weighted by molar-refractivity contribution is 6.26. The zero-order valence-electron chi connectivity index (χ0n) is 21.8. The van der Waals surface area contributed by atoms with Gasteiger partial charge in [0.05, 0.1) is 11.6 Å². The lowest BCUT2D eigenvalue weighted by atomic mass is 9.80. The van der Waals surface area contributed by atoms with Crippen LogP contribution in [-0.4, -0.2) is 50.4 Å². The van der Waals surface area contributed by atoms with Crippen molar-refractivity contribution in [2.24, 2.45) is 12.0 Å². The number of aliphatic hydroxyl groups excluding tert-OH is 1. The van der Waals surface area contributed by atoms with E-state index in [1.54, 1.807) is 42.2 Å². The maximum Gasteiger partial charge on any atom is 0.286 e. The maximum absolute atomic E-state index is 14.4. The third-order valence-electron chi connectivity index (χ3n) is 7.59. The lowest BCUT2D eigenvalue weighted by Gasteiger charge is -2.28. The molecule has 2 aliphatic heterocycles. The van der Waals surface area contributed by atoms with Crippen molar-refractivity contribution in [2.75, 3.05) is 13.1 Å². The molecule has 1 N–H and O–H groups in total. The minimum absolute atomic E-state index is 0.183. The summed E-state index contributed by atoms with van der Waals surface area (Å²) in [7, 11) is 1.77. The monoisotopic (exact) mass is 514 g/mol. The number of aliphatic imine (C=N–C) groups is 1. The van der Waals surface area contributed by atoms with E-state index in [1.165, 1.54) is 11.0 Å². The fraction of sp³-hybridized carbons (Fsp3) is 0.333. The van der Waals surface area contributed by atoms with E-state index < -0.39 is 17.7 Å². The van der Waals surface area contributed by atoms with Crippen molar-refractivity contribution in [1.82, 2.24) is 14.7 Å². The number of aromatic nitrogens is 2. The number of hydrogen-bond donors (Lipinski definition) is 1. The second-order valence-corrected chi connectivity index (χ2v) is 9.83. The number of carbonyl (C=O) groups excluding carboxylic acids is 2. The van der Waals surface area contributed by atoms with Crippen LogP contribution in [0.15, 0.2) is 71.1 Å². The molecule has 7 nitrogen and oxygen atoms in total. The van der Waals surface area contributed by atoms with Crippen molar-refractivity contribution in [3.63, 3.8) is 0 Å². The minimum atomic E-state index is -0.808. The van der Waals surface area contributed by atoms with Crippen LogP contribution in [-0.2, 0) is 29.5 Å². The number of hydrogen-bond acceptors (Lipinski definition) is 4. The zero-order valence-corrected chi connectivity index (χ0v) is 21.8. The summed E-state index contributed by atoms with van der Waals surface area (Å²) in [6, 6.07) is 14.3. The summed E-state index contributed by atoms with van der Waals surface area (Å²) in [5.41, 5.74) is 3.88. The molecule has 2 aliphatic rings. The van der Waals surface area contributed by atoms with E-state index in [0.29, 0.717) is 42.8 Å². The number of rotatable bonds is 6. The Labute approximate surface area is 221 Å². The summed E-state index contributed by atoms with van der Waals surface area (Å²) >= 11 is 0. The molecule has 3 heterocycles. The average Bonchev–Trinajstić information content (AvgIpc) is 3.58. The van der Waals surface area contributed by atoms with Gasteiger partial charge in [-0.05, 0) is 53.6 Å². The molecule has 2 atom stereocenters. The molecule has 0 spiro atoms. The van der Waals surface area contributed by atoms with Crippen LogP contribution in [0.1, 0.15) is 60.1 Å². The lowest BCUT2D eigenvalue weighted by Crippen LogP contribution is -2.37. The Morgan fingerprint density at radius 3 is 2.42 bits per heavy atom. The van der Waals surface area contributed by atoms with Gasteiger partial charge in [0.1, 0.15) is 22.8 Å². The number of allylic oxidation sites excluding steroid dienone is 1. The highest BCUT2D eigenvalue weighted by atomic mass is 19.1. The van der Waals surface area contributed by atoms with Gasteiger partial charge in [0, 0.05) is 32.3 Å². The van der Waals surface area contributed by atoms with Crippen molar-refractivity contribution in [2.45, 2.75) is 44.9 Å². The number of likely N-dealkylation sites (tertiary alicyclic amines) is 1. The second-order valence-electron chi connectivity index (χ2n) is 9.83. The van der Waals surface area contributed by atoms with Crippen LogP contribution >= 0.6 is 0 Å². The molecule has 8 heteroatoms. The van der Waals surface area contributed by atoms with Crippen molar-refractivity contribution in [3.05, 3.63) is 99.8 Å². The first-order valence-electron chi connectivity index (χ1n) is 13.0.